The maximum atomic E-state index is 13.0. The summed E-state index contributed by atoms with van der Waals surface area (Å²) in [6.45, 7) is 10.9. The first-order valence-electron chi connectivity index (χ1n) is 14.4. The van der Waals surface area contributed by atoms with Crippen molar-refractivity contribution in [2.24, 2.45) is 0 Å². The Balaban J connectivity index is 1.28. The van der Waals surface area contributed by atoms with Gasteiger partial charge in [-0.25, -0.2) is 0 Å². The molecule has 1 aromatic rings. The van der Waals surface area contributed by atoms with E-state index >= 15 is 0 Å². The first-order valence-corrected chi connectivity index (χ1v) is 15.4. The van der Waals surface area contributed by atoms with Crippen LogP contribution in [-0.4, -0.2) is 57.9 Å². The average Bonchev–Trinajstić information content (AvgIpc) is 3.18. The van der Waals surface area contributed by atoms with Gasteiger partial charge in [-0.15, -0.1) is 11.8 Å². The SMILES string of the molecule is CC(C)N(CCCCCCCCCCCSc1cccc2c1CN(C1CCC(=O)NC1=O)C2=O)C(C)C. The monoisotopic (exact) mass is 529 g/mol. The third-order valence-electron chi connectivity index (χ3n) is 7.68. The number of amides is 3. The molecule has 0 bridgehead atoms. The Hall–Kier alpha value is -1.86. The molecular formula is C30H47N3O3S. The molecule has 0 radical (unpaired) electrons. The zero-order valence-electron chi connectivity index (χ0n) is 23.4. The number of fused-ring (bicyclic) bond motifs is 1. The van der Waals surface area contributed by atoms with Crippen LogP contribution >= 0.6 is 11.8 Å². The highest BCUT2D eigenvalue weighted by atomic mass is 32.2. The van der Waals surface area contributed by atoms with Crippen LogP contribution in [0.4, 0.5) is 0 Å². The number of hydrogen-bond acceptors (Lipinski definition) is 5. The van der Waals surface area contributed by atoms with E-state index in [1.807, 2.05) is 23.9 Å². The maximum absolute atomic E-state index is 13.0. The van der Waals surface area contributed by atoms with E-state index in [2.05, 4.69) is 44.0 Å². The second-order valence-corrected chi connectivity index (χ2v) is 12.3. The number of benzene rings is 1. The van der Waals surface area contributed by atoms with Crippen molar-refractivity contribution in [3.63, 3.8) is 0 Å². The highest BCUT2D eigenvalue weighted by Crippen LogP contribution is 2.34. The number of nitrogens with zero attached hydrogens (tertiary/aromatic N) is 2. The quantitative estimate of drug-likeness (QED) is 0.158. The molecule has 1 unspecified atom stereocenters. The zero-order chi connectivity index (χ0) is 26.8. The number of thioether (sulfide) groups is 1. The first kappa shape index (κ1) is 29.7. The first-order chi connectivity index (χ1) is 17.8. The summed E-state index contributed by atoms with van der Waals surface area (Å²) >= 11 is 1.82. The molecule has 3 amide bonds. The molecule has 0 aromatic heterocycles. The van der Waals surface area contributed by atoms with Crippen LogP contribution in [0.15, 0.2) is 23.1 Å². The van der Waals surface area contributed by atoms with Gasteiger partial charge >= 0.3 is 0 Å². The molecule has 2 heterocycles. The lowest BCUT2D eigenvalue weighted by atomic mass is 10.0. The minimum absolute atomic E-state index is 0.0934. The van der Waals surface area contributed by atoms with Crippen molar-refractivity contribution in [3.05, 3.63) is 29.3 Å². The van der Waals surface area contributed by atoms with Crippen molar-refractivity contribution in [2.75, 3.05) is 12.3 Å². The van der Waals surface area contributed by atoms with E-state index in [0.29, 0.717) is 30.6 Å². The topological polar surface area (TPSA) is 69.7 Å². The fourth-order valence-corrected chi connectivity index (χ4v) is 6.71. The molecule has 0 aliphatic carbocycles. The maximum Gasteiger partial charge on any atom is 0.255 e. The highest BCUT2D eigenvalue weighted by Gasteiger charge is 2.39. The number of carbonyl (C=O) groups excluding carboxylic acids is 3. The van der Waals surface area contributed by atoms with Crippen LogP contribution in [0.25, 0.3) is 0 Å². The van der Waals surface area contributed by atoms with Crippen LogP contribution in [0, 0.1) is 0 Å². The average molecular weight is 530 g/mol. The third-order valence-corrected chi connectivity index (χ3v) is 8.87. The Labute approximate surface area is 228 Å². The van der Waals surface area contributed by atoms with Gasteiger partial charge in [0.15, 0.2) is 0 Å². The Morgan fingerprint density at radius 2 is 1.54 bits per heavy atom. The van der Waals surface area contributed by atoms with Crippen LogP contribution in [0.3, 0.4) is 0 Å². The summed E-state index contributed by atoms with van der Waals surface area (Å²) in [5.74, 6) is 0.349. The number of imide groups is 1. The van der Waals surface area contributed by atoms with E-state index < -0.39 is 6.04 Å². The van der Waals surface area contributed by atoms with Gasteiger partial charge in [-0.2, -0.15) is 0 Å². The van der Waals surface area contributed by atoms with Crippen LogP contribution in [0.5, 0.6) is 0 Å². The lowest BCUT2D eigenvalue weighted by molar-refractivity contribution is -0.136. The minimum atomic E-state index is -0.551. The van der Waals surface area contributed by atoms with Crippen LogP contribution in [0.1, 0.15) is 114 Å². The fraction of sp³-hybridized carbons (Fsp3) is 0.700. The number of piperidine rings is 1. The summed E-state index contributed by atoms with van der Waals surface area (Å²) in [4.78, 5) is 42.1. The van der Waals surface area contributed by atoms with E-state index in [9.17, 15) is 14.4 Å². The number of hydrogen-bond donors (Lipinski definition) is 1. The normalized spacial score (nSPS) is 17.9. The second kappa shape index (κ2) is 14.9. The van der Waals surface area contributed by atoms with Gasteiger partial charge in [0.1, 0.15) is 6.04 Å². The summed E-state index contributed by atoms with van der Waals surface area (Å²) in [5.41, 5.74) is 1.74. The Bertz CT molecular complexity index is 909. The summed E-state index contributed by atoms with van der Waals surface area (Å²) in [6.07, 6.45) is 12.4. The van der Waals surface area contributed by atoms with Crippen LogP contribution in [0.2, 0.25) is 0 Å². The van der Waals surface area contributed by atoms with E-state index in [1.54, 1.807) is 4.90 Å². The number of unbranched alkanes of at least 4 members (excludes halogenated alkanes) is 8. The molecule has 0 saturated carbocycles. The van der Waals surface area contributed by atoms with E-state index in [0.717, 1.165) is 16.2 Å². The molecule has 1 saturated heterocycles. The second-order valence-electron chi connectivity index (χ2n) is 11.1. The van der Waals surface area contributed by atoms with Crippen molar-refractivity contribution in [1.82, 2.24) is 15.1 Å². The van der Waals surface area contributed by atoms with Crippen LogP contribution < -0.4 is 5.32 Å². The molecule has 1 atom stereocenters. The molecule has 1 aromatic carbocycles. The largest absolute Gasteiger partial charge is 0.322 e. The molecule has 1 N–H and O–H groups in total. The predicted octanol–water partition coefficient (Wildman–Crippen LogP) is 6.17. The third kappa shape index (κ3) is 8.57. The summed E-state index contributed by atoms with van der Waals surface area (Å²) in [5, 5.41) is 2.38. The van der Waals surface area contributed by atoms with Gasteiger partial charge in [0, 0.05) is 35.5 Å². The van der Waals surface area contributed by atoms with Crippen LogP contribution in [-0.2, 0) is 16.1 Å². The molecule has 0 spiro atoms. The Kier molecular flexibility index (Phi) is 12.0. The fourth-order valence-electron chi connectivity index (χ4n) is 5.62. The minimum Gasteiger partial charge on any atom is -0.322 e. The lowest BCUT2D eigenvalue weighted by Gasteiger charge is -2.30. The summed E-state index contributed by atoms with van der Waals surface area (Å²) in [6, 6.07) is 6.61. The van der Waals surface area contributed by atoms with Crippen molar-refractivity contribution >= 4 is 29.5 Å². The van der Waals surface area contributed by atoms with Gasteiger partial charge < -0.3 is 4.90 Å². The summed E-state index contributed by atoms with van der Waals surface area (Å²) in [7, 11) is 0. The van der Waals surface area contributed by atoms with Gasteiger partial charge in [-0.1, -0.05) is 51.0 Å². The standard InChI is InChI=1S/C30H47N3O3S/c1-22(2)32(23(3)4)19-12-10-8-6-5-7-9-11-13-20-37-27-16-14-15-24-25(27)21-33(30(24)36)26-17-18-28(34)31-29(26)35/h14-16,22-23,26H,5-13,17-21H2,1-4H3,(H,31,34,35). The Morgan fingerprint density at radius 3 is 2.16 bits per heavy atom. The molecule has 6 nitrogen and oxygen atoms in total. The van der Waals surface area contributed by atoms with Gasteiger partial charge in [0.25, 0.3) is 5.91 Å². The van der Waals surface area contributed by atoms with Crippen molar-refractivity contribution < 1.29 is 14.4 Å². The van der Waals surface area contributed by atoms with Crippen molar-refractivity contribution in [2.45, 2.75) is 128 Å². The number of carbonyl (C=O) groups is 3. The van der Waals surface area contributed by atoms with E-state index in [4.69, 9.17) is 0 Å². The Morgan fingerprint density at radius 1 is 0.919 bits per heavy atom. The van der Waals surface area contributed by atoms with Gasteiger partial charge in [0.2, 0.25) is 11.8 Å². The predicted molar refractivity (Wildman–Crippen MR) is 152 cm³/mol. The molecule has 2 aliphatic rings. The van der Waals surface area contributed by atoms with Crippen molar-refractivity contribution in [1.29, 1.82) is 0 Å². The highest BCUT2D eigenvalue weighted by molar-refractivity contribution is 7.99. The lowest BCUT2D eigenvalue weighted by Crippen LogP contribution is -2.52. The molecule has 1 fully saturated rings. The van der Waals surface area contributed by atoms with E-state index in [1.165, 1.54) is 64.3 Å². The molecule has 206 valence electrons. The van der Waals surface area contributed by atoms with Gasteiger partial charge in [-0.3, -0.25) is 24.6 Å². The molecule has 2 aliphatic heterocycles. The molecule has 3 rings (SSSR count). The smallest absolute Gasteiger partial charge is 0.255 e. The number of rotatable bonds is 16. The van der Waals surface area contributed by atoms with Gasteiger partial charge in [-0.05, 0) is 77.0 Å². The summed E-state index contributed by atoms with van der Waals surface area (Å²) < 4.78 is 0. The van der Waals surface area contributed by atoms with Crippen molar-refractivity contribution in [3.8, 4) is 0 Å². The molecular weight excluding hydrogens is 482 g/mol. The van der Waals surface area contributed by atoms with Gasteiger partial charge in [0.05, 0.1) is 0 Å². The number of nitrogens with one attached hydrogen (secondary N) is 1. The van der Waals surface area contributed by atoms with E-state index in [-0.39, 0.29) is 24.1 Å². The molecule has 7 heteroatoms. The zero-order valence-corrected chi connectivity index (χ0v) is 24.2. The molecule has 37 heavy (non-hydrogen) atoms.